The average Bonchev–Trinajstić information content (AvgIpc) is 2.72. The highest BCUT2D eigenvalue weighted by atomic mass is 32.2. The first-order valence-electron chi connectivity index (χ1n) is 9.19. The summed E-state index contributed by atoms with van der Waals surface area (Å²) >= 11 is 0. The molecular formula is C19H26N2O7S. The second-order valence-electron chi connectivity index (χ2n) is 6.30. The van der Waals surface area contributed by atoms with Crippen LogP contribution >= 0.6 is 0 Å². The molecule has 1 aliphatic rings. The monoisotopic (exact) mass is 426 g/mol. The molecule has 1 N–H and O–H groups in total. The van der Waals surface area contributed by atoms with E-state index in [0.29, 0.717) is 25.2 Å². The van der Waals surface area contributed by atoms with E-state index in [2.05, 4.69) is 5.32 Å². The fourth-order valence-electron chi connectivity index (χ4n) is 2.71. The van der Waals surface area contributed by atoms with Crippen molar-refractivity contribution in [1.29, 1.82) is 0 Å². The Bertz CT molecular complexity index is 875. The first kappa shape index (κ1) is 22.9. The zero-order chi connectivity index (χ0) is 21.4. The number of hydrogen-bond donors (Lipinski definition) is 1. The number of nitrogens with zero attached hydrogens (tertiary/aromatic N) is 1. The lowest BCUT2D eigenvalue weighted by molar-refractivity contribution is -0.143. The minimum absolute atomic E-state index is 0.0570. The van der Waals surface area contributed by atoms with Crippen molar-refractivity contribution in [3.63, 3.8) is 0 Å². The number of carbonyl (C=O) groups is 2. The number of allylic oxidation sites excluding steroid dienone is 1. The number of nitrogens with one attached hydrogen (secondary N) is 1. The summed E-state index contributed by atoms with van der Waals surface area (Å²) < 4.78 is 42.6. The van der Waals surface area contributed by atoms with Gasteiger partial charge in [-0.25, -0.2) is 13.2 Å². The normalized spacial score (nSPS) is 15.6. The topological polar surface area (TPSA) is 111 Å². The smallest absolute Gasteiger partial charge is 0.333 e. The number of amides is 1. The minimum Gasteiger partial charge on any atom is -0.495 e. The van der Waals surface area contributed by atoms with Crippen LogP contribution in [0.3, 0.4) is 0 Å². The van der Waals surface area contributed by atoms with Crippen molar-refractivity contribution in [2.45, 2.75) is 25.2 Å². The van der Waals surface area contributed by atoms with Crippen LogP contribution in [-0.4, -0.2) is 64.6 Å². The third kappa shape index (κ3) is 6.02. The predicted octanol–water partition coefficient (Wildman–Crippen LogP) is 1.55. The zero-order valence-corrected chi connectivity index (χ0v) is 17.6. The number of rotatable bonds is 8. The lowest BCUT2D eigenvalue weighted by Crippen LogP contribution is -2.40. The Morgan fingerprint density at radius 3 is 2.59 bits per heavy atom. The van der Waals surface area contributed by atoms with E-state index in [1.807, 2.05) is 6.92 Å². The molecule has 29 heavy (non-hydrogen) atoms. The van der Waals surface area contributed by atoms with Crippen molar-refractivity contribution >= 4 is 27.6 Å². The molecule has 0 aromatic heterocycles. The van der Waals surface area contributed by atoms with Gasteiger partial charge >= 0.3 is 5.97 Å². The molecule has 10 heteroatoms. The summed E-state index contributed by atoms with van der Waals surface area (Å²) in [6.45, 7) is 4.12. The number of hydrogen-bond acceptors (Lipinski definition) is 7. The van der Waals surface area contributed by atoms with Crippen LogP contribution in [-0.2, 0) is 29.1 Å². The van der Waals surface area contributed by atoms with E-state index < -0.39 is 28.5 Å². The van der Waals surface area contributed by atoms with E-state index in [-0.39, 0.29) is 29.4 Å². The molecule has 1 aromatic carbocycles. The maximum atomic E-state index is 13.0. The van der Waals surface area contributed by atoms with Crippen LogP contribution in [0.25, 0.3) is 0 Å². The number of esters is 1. The van der Waals surface area contributed by atoms with Crippen molar-refractivity contribution in [1.82, 2.24) is 4.31 Å². The zero-order valence-electron chi connectivity index (χ0n) is 16.8. The second-order valence-corrected chi connectivity index (χ2v) is 8.21. The maximum absolute atomic E-state index is 13.0. The lowest BCUT2D eigenvalue weighted by Gasteiger charge is -2.26. The Hall–Kier alpha value is -2.43. The van der Waals surface area contributed by atoms with Gasteiger partial charge in [0.15, 0.2) is 6.61 Å². The van der Waals surface area contributed by atoms with Gasteiger partial charge in [-0.2, -0.15) is 4.31 Å². The standard InChI is InChI=1S/C19H26N2O7S/c1-4-5-14(2)19(23)28-13-18(22)20-15-6-7-16(26-3)17(12-15)29(24,25)21-8-10-27-11-9-21/h5-7,12H,4,8-11,13H2,1-3H3,(H,20,22)/b14-5-. The van der Waals surface area contributed by atoms with Crippen LogP contribution in [0.5, 0.6) is 5.75 Å². The molecule has 1 aromatic rings. The molecule has 1 amide bonds. The Balaban J connectivity index is 2.12. The van der Waals surface area contributed by atoms with Crippen molar-refractivity contribution in [2.24, 2.45) is 0 Å². The molecule has 1 fully saturated rings. The van der Waals surface area contributed by atoms with Crippen LogP contribution < -0.4 is 10.1 Å². The molecule has 0 aliphatic carbocycles. The number of morpholine rings is 1. The number of benzene rings is 1. The van der Waals surface area contributed by atoms with E-state index in [9.17, 15) is 18.0 Å². The first-order chi connectivity index (χ1) is 13.8. The van der Waals surface area contributed by atoms with E-state index in [1.54, 1.807) is 13.0 Å². The van der Waals surface area contributed by atoms with Crippen LogP contribution in [0, 0.1) is 0 Å². The Morgan fingerprint density at radius 1 is 1.28 bits per heavy atom. The fourth-order valence-corrected chi connectivity index (χ4v) is 4.30. The molecule has 0 saturated carbocycles. The second kappa shape index (κ2) is 10.4. The Labute approximate surface area is 170 Å². The SMILES string of the molecule is CC/C=C(/C)C(=O)OCC(=O)Nc1ccc(OC)c(S(=O)(=O)N2CCOCC2)c1. The van der Waals surface area contributed by atoms with Gasteiger partial charge in [-0.3, -0.25) is 4.79 Å². The third-order valence-corrected chi connectivity index (χ3v) is 6.12. The van der Waals surface area contributed by atoms with Crippen LogP contribution in [0.2, 0.25) is 0 Å². The van der Waals surface area contributed by atoms with Gasteiger partial charge in [0, 0.05) is 24.4 Å². The van der Waals surface area contributed by atoms with Crippen molar-refractivity contribution in [3.8, 4) is 5.75 Å². The summed E-state index contributed by atoms with van der Waals surface area (Å²) in [6.07, 6.45) is 2.38. The van der Waals surface area contributed by atoms with Gasteiger partial charge in [-0.1, -0.05) is 13.0 Å². The molecule has 160 valence electrons. The fraction of sp³-hybridized carbons (Fsp3) is 0.474. The average molecular weight is 426 g/mol. The molecule has 0 spiro atoms. The van der Waals surface area contributed by atoms with Gasteiger partial charge in [0.05, 0.1) is 20.3 Å². The van der Waals surface area contributed by atoms with Gasteiger partial charge in [0.25, 0.3) is 5.91 Å². The van der Waals surface area contributed by atoms with E-state index in [4.69, 9.17) is 14.2 Å². The summed E-state index contributed by atoms with van der Waals surface area (Å²) in [5, 5.41) is 2.54. The highest BCUT2D eigenvalue weighted by Gasteiger charge is 2.29. The van der Waals surface area contributed by atoms with Gasteiger partial charge in [0.2, 0.25) is 10.0 Å². The quantitative estimate of drug-likeness (QED) is 0.496. The molecular weight excluding hydrogens is 400 g/mol. The predicted molar refractivity (Wildman–Crippen MR) is 106 cm³/mol. The van der Waals surface area contributed by atoms with Crippen molar-refractivity contribution in [3.05, 3.63) is 29.8 Å². The van der Waals surface area contributed by atoms with E-state index in [1.165, 1.54) is 29.6 Å². The summed E-state index contributed by atoms with van der Waals surface area (Å²) in [5.41, 5.74) is 0.670. The van der Waals surface area contributed by atoms with Gasteiger partial charge in [0.1, 0.15) is 10.6 Å². The number of sulfonamides is 1. The summed E-state index contributed by atoms with van der Waals surface area (Å²) in [6, 6.07) is 4.30. The number of carbonyl (C=O) groups excluding carboxylic acids is 2. The number of anilines is 1. The van der Waals surface area contributed by atoms with E-state index >= 15 is 0 Å². The van der Waals surface area contributed by atoms with Crippen LogP contribution in [0.4, 0.5) is 5.69 Å². The van der Waals surface area contributed by atoms with Gasteiger partial charge in [-0.05, 0) is 31.5 Å². The summed E-state index contributed by atoms with van der Waals surface area (Å²) in [5.74, 6) is -0.990. The van der Waals surface area contributed by atoms with Gasteiger partial charge < -0.3 is 19.5 Å². The third-order valence-electron chi connectivity index (χ3n) is 4.20. The Kier molecular flexibility index (Phi) is 8.18. The highest BCUT2D eigenvalue weighted by molar-refractivity contribution is 7.89. The number of ether oxygens (including phenoxy) is 3. The molecule has 9 nitrogen and oxygen atoms in total. The molecule has 1 heterocycles. The molecule has 0 unspecified atom stereocenters. The first-order valence-corrected chi connectivity index (χ1v) is 10.6. The maximum Gasteiger partial charge on any atom is 0.333 e. The highest BCUT2D eigenvalue weighted by Crippen LogP contribution is 2.30. The molecule has 1 aliphatic heterocycles. The van der Waals surface area contributed by atoms with Crippen molar-refractivity contribution < 1.29 is 32.2 Å². The Morgan fingerprint density at radius 2 is 1.97 bits per heavy atom. The molecule has 0 bridgehead atoms. The molecule has 2 rings (SSSR count). The summed E-state index contributed by atoms with van der Waals surface area (Å²) in [4.78, 5) is 23.8. The van der Waals surface area contributed by atoms with Crippen molar-refractivity contribution in [2.75, 3.05) is 45.3 Å². The molecule has 1 saturated heterocycles. The van der Waals surface area contributed by atoms with Gasteiger partial charge in [-0.15, -0.1) is 0 Å². The number of methoxy groups -OCH3 is 1. The lowest BCUT2D eigenvalue weighted by atomic mass is 10.2. The van der Waals surface area contributed by atoms with Crippen LogP contribution in [0.1, 0.15) is 20.3 Å². The largest absolute Gasteiger partial charge is 0.495 e. The van der Waals surface area contributed by atoms with Crippen LogP contribution in [0.15, 0.2) is 34.7 Å². The summed E-state index contributed by atoms with van der Waals surface area (Å²) in [7, 11) is -2.45. The molecule has 0 atom stereocenters. The molecule has 0 radical (unpaired) electrons. The van der Waals surface area contributed by atoms with E-state index in [0.717, 1.165) is 0 Å². The minimum atomic E-state index is -3.82.